The number of H-pyrrole nitrogens is 1. The van der Waals surface area contributed by atoms with E-state index in [2.05, 4.69) is 10.2 Å². The van der Waals surface area contributed by atoms with Crippen molar-refractivity contribution < 1.29 is 14.7 Å². The highest BCUT2D eigenvalue weighted by atomic mass is 16.4. The van der Waals surface area contributed by atoms with E-state index in [4.69, 9.17) is 5.73 Å². The maximum absolute atomic E-state index is 12.0. The SMILES string of the molecule is Nc1ccccc1C(=O)c1cn[nH]c1C(=O)[O-]. The quantitative estimate of drug-likeness (QED) is 0.549. The summed E-state index contributed by atoms with van der Waals surface area (Å²) in [7, 11) is 0. The van der Waals surface area contributed by atoms with Crippen LogP contribution in [0.2, 0.25) is 0 Å². The molecule has 6 heteroatoms. The molecule has 86 valence electrons. The largest absolute Gasteiger partial charge is 0.543 e. The summed E-state index contributed by atoms with van der Waals surface area (Å²) in [6, 6.07) is 6.40. The predicted octanol–water partition coefficient (Wildman–Crippen LogP) is -0.414. The van der Waals surface area contributed by atoms with Crippen LogP contribution in [0.25, 0.3) is 0 Å². The van der Waals surface area contributed by atoms with Gasteiger partial charge in [-0.1, -0.05) is 12.1 Å². The third-order valence-corrected chi connectivity index (χ3v) is 2.29. The molecule has 0 aliphatic rings. The number of nitrogen functional groups attached to an aromatic ring is 1. The molecule has 0 aliphatic heterocycles. The van der Waals surface area contributed by atoms with E-state index in [1.807, 2.05) is 0 Å². The normalized spacial score (nSPS) is 10.1. The van der Waals surface area contributed by atoms with Crippen LogP contribution in [0.4, 0.5) is 5.69 Å². The lowest BCUT2D eigenvalue weighted by Gasteiger charge is -2.05. The van der Waals surface area contributed by atoms with Gasteiger partial charge in [-0.3, -0.25) is 9.89 Å². The Morgan fingerprint density at radius 2 is 1.94 bits per heavy atom. The molecule has 0 saturated heterocycles. The second-order valence-corrected chi connectivity index (χ2v) is 3.36. The molecule has 0 amide bonds. The number of aromatic amines is 1. The number of carbonyl (C=O) groups is 2. The molecule has 1 aromatic carbocycles. The van der Waals surface area contributed by atoms with Crippen LogP contribution < -0.4 is 10.8 Å². The molecule has 0 atom stereocenters. The Morgan fingerprint density at radius 1 is 1.24 bits per heavy atom. The third kappa shape index (κ3) is 1.87. The molecule has 1 aromatic heterocycles. The van der Waals surface area contributed by atoms with Gasteiger partial charge in [-0.05, 0) is 12.1 Å². The molecule has 0 spiro atoms. The molecule has 0 fully saturated rings. The highest BCUT2D eigenvalue weighted by Gasteiger charge is 2.17. The van der Waals surface area contributed by atoms with Gasteiger partial charge in [0.1, 0.15) is 0 Å². The molecule has 6 nitrogen and oxygen atoms in total. The molecule has 0 unspecified atom stereocenters. The summed E-state index contributed by atoms with van der Waals surface area (Å²) >= 11 is 0. The number of nitrogens with zero attached hydrogens (tertiary/aromatic N) is 1. The van der Waals surface area contributed by atoms with Crippen LogP contribution in [0, 0.1) is 0 Å². The number of para-hydroxylation sites is 1. The van der Waals surface area contributed by atoms with E-state index >= 15 is 0 Å². The number of nitrogens with two attached hydrogens (primary N) is 1. The number of anilines is 1. The van der Waals surface area contributed by atoms with E-state index in [9.17, 15) is 14.7 Å². The van der Waals surface area contributed by atoms with Crippen LogP contribution in [0.3, 0.4) is 0 Å². The number of hydrogen-bond donors (Lipinski definition) is 2. The van der Waals surface area contributed by atoms with Gasteiger partial charge in [0.25, 0.3) is 0 Å². The van der Waals surface area contributed by atoms with Crippen molar-refractivity contribution in [2.24, 2.45) is 0 Å². The van der Waals surface area contributed by atoms with Crippen LogP contribution in [-0.2, 0) is 0 Å². The number of rotatable bonds is 3. The van der Waals surface area contributed by atoms with Gasteiger partial charge in [-0.2, -0.15) is 5.10 Å². The standard InChI is InChI=1S/C11H9N3O3/c12-8-4-2-1-3-6(8)10(15)7-5-13-14-9(7)11(16)17/h1-5H,12H2,(H,13,14)(H,16,17)/p-1. The Balaban J connectivity index is 2.48. The Morgan fingerprint density at radius 3 is 2.59 bits per heavy atom. The highest BCUT2D eigenvalue weighted by molar-refractivity contribution is 6.15. The molecular weight excluding hydrogens is 222 g/mol. The zero-order valence-corrected chi connectivity index (χ0v) is 8.64. The van der Waals surface area contributed by atoms with Crippen molar-refractivity contribution in [1.29, 1.82) is 0 Å². The number of carboxylic acid groups (broad SMARTS) is 1. The fourth-order valence-electron chi connectivity index (χ4n) is 1.46. The lowest BCUT2D eigenvalue weighted by molar-refractivity contribution is -0.255. The summed E-state index contributed by atoms with van der Waals surface area (Å²) in [6.45, 7) is 0. The van der Waals surface area contributed by atoms with Crippen LogP contribution in [-0.4, -0.2) is 21.9 Å². The summed E-state index contributed by atoms with van der Waals surface area (Å²) in [5.41, 5.74) is 5.74. The average molecular weight is 230 g/mol. The van der Waals surface area contributed by atoms with Crippen molar-refractivity contribution in [3.8, 4) is 0 Å². The lowest BCUT2D eigenvalue weighted by atomic mass is 10.0. The highest BCUT2D eigenvalue weighted by Crippen LogP contribution is 2.17. The van der Waals surface area contributed by atoms with Crippen molar-refractivity contribution in [3.05, 3.63) is 47.3 Å². The van der Waals surface area contributed by atoms with Crippen LogP contribution >= 0.6 is 0 Å². The first-order chi connectivity index (χ1) is 8.11. The first kappa shape index (κ1) is 10.9. The molecule has 1 heterocycles. The van der Waals surface area contributed by atoms with Crippen molar-refractivity contribution in [2.75, 3.05) is 5.73 Å². The molecule has 0 aliphatic carbocycles. The van der Waals surface area contributed by atoms with Crippen molar-refractivity contribution in [3.63, 3.8) is 0 Å². The summed E-state index contributed by atoms with van der Waals surface area (Å²) < 4.78 is 0. The molecule has 0 bridgehead atoms. The molecule has 3 N–H and O–H groups in total. The number of hydrogen-bond acceptors (Lipinski definition) is 5. The smallest absolute Gasteiger partial charge is 0.198 e. The molecule has 2 aromatic rings. The average Bonchev–Trinajstić information content (AvgIpc) is 2.77. The summed E-state index contributed by atoms with van der Waals surface area (Å²) in [5.74, 6) is -1.99. The molecular formula is C11H8N3O3-. The Bertz CT molecular complexity index is 589. The topological polar surface area (TPSA) is 112 Å². The van der Waals surface area contributed by atoms with E-state index < -0.39 is 11.8 Å². The van der Waals surface area contributed by atoms with Gasteiger partial charge in [0, 0.05) is 11.3 Å². The minimum atomic E-state index is -1.49. The van der Waals surface area contributed by atoms with E-state index in [1.165, 1.54) is 6.07 Å². The number of benzene rings is 1. The van der Waals surface area contributed by atoms with Crippen LogP contribution in [0.5, 0.6) is 0 Å². The first-order valence-electron chi connectivity index (χ1n) is 4.75. The van der Waals surface area contributed by atoms with Crippen molar-refractivity contribution in [1.82, 2.24) is 10.2 Å². The van der Waals surface area contributed by atoms with Gasteiger partial charge in [-0.25, -0.2) is 0 Å². The van der Waals surface area contributed by atoms with E-state index in [-0.39, 0.29) is 22.5 Å². The summed E-state index contributed by atoms with van der Waals surface area (Å²) in [4.78, 5) is 22.8. The Kier molecular flexibility index (Phi) is 2.61. The zero-order valence-electron chi connectivity index (χ0n) is 8.64. The zero-order chi connectivity index (χ0) is 12.4. The van der Waals surface area contributed by atoms with E-state index in [1.54, 1.807) is 18.2 Å². The summed E-state index contributed by atoms with van der Waals surface area (Å²) in [6.07, 6.45) is 1.14. The molecule has 0 saturated carbocycles. The van der Waals surface area contributed by atoms with Gasteiger partial charge in [0.05, 0.1) is 23.4 Å². The fraction of sp³-hybridized carbons (Fsp3) is 0. The minimum Gasteiger partial charge on any atom is -0.543 e. The number of aromatic carboxylic acids is 1. The first-order valence-corrected chi connectivity index (χ1v) is 4.75. The molecule has 2 rings (SSSR count). The third-order valence-electron chi connectivity index (χ3n) is 2.29. The number of aromatic nitrogens is 2. The fourth-order valence-corrected chi connectivity index (χ4v) is 1.46. The maximum Gasteiger partial charge on any atom is 0.198 e. The lowest BCUT2D eigenvalue weighted by Crippen LogP contribution is -2.25. The second kappa shape index (κ2) is 4.09. The maximum atomic E-state index is 12.0. The van der Waals surface area contributed by atoms with Crippen LogP contribution in [0.15, 0.2) is 30.5 Å². The molecule has 17 heavy (non-hydrogen) atoms. The van der Waals surface area contributed by atoms with Crippen LogP contribution in [0.1, 0.15) is 26.4 Å². The minimum absolute atomic E-state index is 0.0668. The van der Waals surface area contributed by atoms with Gasteiger partial charge in [0.15, 0.2) is 5.78 Å². The predicted molar refractivity (Wildman–Crippen MR) is 57.2 cm³/mol. The van der Waals surface area contributed by atoms with Crippen molar-refractivity contribution >= 4 is 17.4 Å². The number of carbonyl (C=O) groups excluding carboxylic acids is 2. The van der Waals surface area contributed by atoms with Gasteiger partial charge >= 0.3 is 0 Å². The number of ketones is 1. The van der Waals surface area contributed by atoms with E-state index in [0.717, 1.165) is 6.20 Å². The Labute approximate surface area is 96.1 Å². The monoisotopic (exact) mass is 230 g/mol. The number of carboxylic acids is 1. The van der Waals surface area contributed by atoms with Gasteiger partial charge in [0.2, 0.25) is 0 Å². The molecule has 0 radical (unpaired) electrons. The van der Waals surface area contributed by atoms with Gasteiger partial charge in [-0.15, -0.1) is 0 Å². The Hall–Kier alpha value is -2.63. The van der Waals surface area contributed by atoms with Gasteiger partial charge < -0.3 is 15.6 Å². The second-order valence-electron chi connectivity index (χ2n) is 3.36. The van der Waals surface area contributed by atoms with E-state index in [0.29, 0.717) is 0 Å². The summed E-state index contributed by atoms with van der Waals surface area (Å²) in [5, 5.41) is 16.5. The number of nitrogens with one attached hydrogen (secondary N) is 1. The van der Waals surface area contributed by atoms with Crippen molar-refractivity contribution in [2.45, 2.75) is 0 Å².